The second-order valence-corrected chi connectivity index (χ2v) is 4.27. The molecule has 1 aliphatic carbocycles. The van der Waals surface area contributed by atoms with Crippen molar-refractivity contribution >= 4 is 0 Å². The van der Waals surface area contributed by atoms with E-state index in [1.807, 2.05) is 0 Å². The van der Waals surface area contributed by atoms with E-state index in [0.717, 1.165) is 12.8 Å². The van der Waals surface area contributed by atoms with Crippen molar-refractivity contribution in [2.45, 2.75) is 12.8 Å². The summed E-state index contributed by atoms with van der Waals surface area (Å²) in [6, 6.07) is 15.3. The van der Waals surface area contributed by atoms with Gasteiger partial charge in [-0.2, -0.15) is 0 Å². The molecule has 2 aromatic carbocycles. The summed E-state index contributed by atoms with van der Waals surface area (Å²) >= 11 is 0. The number of fused-ring (bicyclic) bond motifs is 3. The van der Waals surface area contributed by atoms with Crippen LogP contribution in [0.1, 0.15) is 16.7 Å². The summed E-state index contributed by atoms with van der Waals surface area (Å²) in [5.41, 5.74) is 6.94. The molecule has 0 saturated heterocycles. The Bertz CT molecular complexity index is 550. The first-order valence-corrected chi connectivity index (χ1v) is 5.62. The molecule has 0 bridgehead atoms. The molecule has 0 aromatic heterocycles. The minimum absolute atomic E-state index is 0.851. The standard InChI is InChI=1S/C16H13/c1-2-5-12-8-9-16-14(10-12)11-13-6-3-4-7-15(13)16/h1-4,6-10H,5,11H2. The van der Waals surface area contributed by atoms with Crippen LogP contribution in [0, 0.1) is 6.58 Å². The van der Waals surface area contributed by atoms with Gasteiger partial charge < -0.3 is 0 Å². The first-order valence-electron chi connectivity index (χ1n) is 5.62. The predicted molar refractivity (Wildman–Crippen MR) is 67.3 cm³/mol. The number of hydrogen-bond donors (Lipinski definition) is 0. The zero-order valence-electron chi connectivity index (χ0n) is 9.11. The van der Waals surface area contributed by atoms with Gasteiger partial charge in [0.25, 0.3) is 0 Å². The van der Waals surface area contributed by atoms with Crippen LogP contribution in [0.25, 0.3) is 11.1 Å². The lowest BCUT2D eigenvalue weighted by atomic mass is 10.0. The van der Waals surface area contributed by atoms with Crippen molar-refractivity contribution in [3.8, 4) is 11.1 Å². The second kappa shape index (κ2) is 3.64. The van der Waals surface area contributed by atoms with E-state index >= 15 is 0 Å². The fraction of sp³-hybridized carbons (Fsp3) is 0.125. The Hall–Kier alpha value is -1.82. The third kappa shape index (κ3) is 1.38. The third-order valence-electron chi connectivity index (χ3n) is 3.21. The van der Waals surface area contributed by atoms with Gasteiger partial charge in [0.1, 0.15) is 0 Å². The van der Waals surface area contributed by atoms with Crippen molar-refractivity contribution in [3.63, 3.8) is 0 Å². The molecule has 0 saturated carbocycles. The maximum atomic E-state index is 5.46. The molecule has 0 atom stereocenters. The predicted octanol–water partition coefficient (Wildman–Crippen LogP) is 3.79. The molecule has 1 aliphatic rings. The molecule has 0 heteroatoms. The highest BCUT2D eigenvalue weighted by Gasteiger charge is 2.17. The van der Waals surface area contributed by atoms with E-state index in [9.17, 15) is 0 Å². The Morgan fingerprint density at radius 3 is 2.69 bits per heavy atom. The van der Waals surface area contributed by atoms with E-state index in [1.54, 1.807) is 6.08 Å². The summed E-state index contributed by atoms with van der Waals surface area (Å²) in [7, 11) is 0. The van der Waals surface area contributed by atoms with Crippen LogP contribution in [0.3, 0.4) is 0 Å². The van der Waals surface area contributed by atoms with E-state index in [-0.39, 0.29) is 0 Å². The third-order valence-corrected chi connectivity index (χ3v) is 3.21. The van der Waals surface area contributed by atoms with Crippen LogP contribution in [-0.4, -0.2) is 0 Å². The van der Waals surface area contributed by atoms with Crippen molar-refractivity contribution in [2.24, 2.45) is 0 Å². The van der Waals surface area contributed by atoms with Crippen LogP contribution in [0.2, 0.25) is 0 Å². The van der Waals surface area contributed by atoms with Crippen LogP contribution in [0.15, 0.2) is 48.5 Å². The van der Waals surface area contributed by atoms with Crippen LogP contribution < -0.4 is 0 Å². The molecule has 77 valence electrons. The van der Waals surface area contributed by atoms with E-state index in [0.29, 0.717) is 0 Å². The van der Waals surface area contributed by atoms with Gasteiger partial charge in [-0.05, 0) is 40.7 Å². The lowest BCUT2D eigenvalue weighted by molar-refractivity contribution is 1.21. The largest absolute Gasteiger partial charge is 0.0801 e. The van der Waals surface area contributed by atoms with Crippen molar-refractivity contribution in [1.29, 1.82) is 0 Å². The Morgan fingerprint density at radius 1 is 1.00 bits per heavy atom. The molecular formula is C16H13. The maximum absolute atomic E-state index is 5.46. The highest BCUT2D eigenvalue weighted by Crippen LogP contribution is 2.36. The second-order valence-electron chi connectivity index (χ2n) is 4.27. The molecule has 0 nitrogen and oxygen atoms in total. The molecule has 0 amide bonds. The summed E-state index contributed by atoms with van der Waals surface area (Å²) in [5, 5.41) is 0. The van der Waals surface area contributed by atoms with Gasteiger partial charge in [0, 0.05) is 0 Å². The van der Waals surface area contributed by atoms with Gasteiger partial charge in [0.15, 0.2) is 0 Å². The van der Waals surface area contributed by atoms with Crippen molar-refractivity contribution in [3.05, 3.63) is 71.8 Å². The first-order chi connectivity index (χ1) is 7.88. The normalized spacial score (nSPS) is 12.0. The summed E-state index contributed by atoms with van der Waals surface area (Å²) in [6.45, 7) is 5.46. The van der Waals surface area contributed by atoms with Gasteiger partial charge in [-0.25, -0.2) is 0 Å². The Kier molecular flexibility index (Phi) is 2.14. The maximum Gasteiger partial charge on any atom is -0.00134 e. The van der Waals surface area contributed by atoms with Crippen molar-refractivity contribution in [2.75, 3.05) is 0 Å². The molecule has 2 aromatic rings. The van der Waals surface area contributed by atoms with Crippen LogP contribution in [-0.2, 0) is 12.8 Å². The Morgan fingerprint density at radius 2 is 1.81 bits per heavy atom. The van der Waals surface area contributed by atoms with E-state index in [1.165, 1.54) is 27.8 Å². The van der Waals surface area contributed by atoms with Crippen LogP contribution in [0.5, 0.6) is 0 Å². The topological polar surface area (TPSA) is 0 Å². The smallest absolute Gasteiger partial charge is 0.00134 e. The zero-order chi connectivity index (χ0) is 11.0. The first kappa shape index (κ1) is 9.41. The highest BCUT2D eigenvalue weighted by molar-refractivity contribution is 5.76. The molecule has 0 unspecified atom stereocenters. The molecule has 0 spiro atoms. The van der Waals surface area contributed by atoms with Gasteiger partial charge in [-0.3, -0.25) is 0 Å². The zero-order valence-corrected chi connectivity index (χ0v) is 9.11. The summed E-state index contributed by atoms with van der Waals surface area (Å²) in [6.07, 6.45) is 3.62. The van der Waals surface area contributed by atoms with E-state index in [4.69, 9.17) is 6.58 Å². The van der Waals surface area contributed by atoms with Gasteiger partial charge in [0.05, 0.1) is 0 Å². The number of hydrogen-bond acceptors (Lipinski definition) is 0. The van der Waals surface area contributed by atoms with Gasteiger partial charge in [0.2, 0.25) is 0 Å². The quantitative estimate of drug-likeness (QED) is 0.597. The Balaban J connectivity index is 2.10. The summed E-state index contributed by atoms with van der Waals surface area (Å²) in [5.74, 6) is 0. The number of benzene rings is 2. The minimum atomic E-state index is 0.851. The summed E-state index contributed by atoms with van der Waals surface area (Å²) in [4.78, 5) is 0. The highest BCUT2D eigenvalue weighted by atomic mass is 14.2. The lowest BCUT2D eigenvalue weighted by Gasteiger charge is -2.02. The van der Waals surface area contributed by atoms with Gasteiger partial charge in [-0.15, -0.1) is 0 Å². The molecule has 3 rings (SSSR count). The van der Waals surface area contributed by atoms with Crippen molar-refractivity contribution in [1.82, 2.24) is 0 Å². The van der Waals surface area contributed by atoms with Gasteiger partial charge in [-0.1, -0.05) is 55.1 Å². The Labute approximate surface area is 96.3 Å². The lowest BCUT2D eigenvalue weighted by Crippen LogP contribution is -1.85. The molecule has 0 heterocycles. The van der Waals surface area contributed by atoms with Crippen molar-refractivity contribution < 1.29 is 0 Å². The fourth-order valence-electron chi connectivity index (χ4n) is 2.46. The molecule has 0 aliphatic heterocycles. The molecule has 1 radical (unpaired) electrons. The SMILES string of the molecule is [CH]=CCc1ccc2c(c1)Cc1ccccc1-2. The average Bonchev–Trinajstić information content (AvgIpc) is 2.67. The number of allylic oxidation sites excluding steroid dienone is 1. The van der Waals surface area contributed by atoms with Crippen LogP contribution >= 0.6 is 0 Å². The monoisotopic (exact) mass is 205 g/mol. The van der Waals surface area contributed by atoms with Gasteiger partial charge >= 0.3 is 0 Å². The van der Waals surface area contributed by atoms with E-state index in [2.05, 4.69) is 42.5 Å². The molecule has 16 heavy (non-hydrogen) atoms. The minimum Gasteiger partial charge on any atom is -0.0801 e. The summed E-state index contributed by atoms with van der Waals surface area (Å²) < 4.78 is 0. The molecular weight excluding hydrogens is 192 g/mol. The van der Waals surface area contributed by atoms with Crippen LogP contribution in [0.4, 0.5) is 0 Å². The average molecular weight is 205 g/mol. The fourth-order valence-corrected chi connectivity index (χ4v) is 2.46. The van der Waals surface area contributed by atoms with E-state index < -0.39 is 0 Å². The number of rotatable bonds is 2. The molecule has 0 fully saturated rings. The molecule has 0 N–H and O–H groups in total.